The maximum atomic E-state index is 10.3. The zero-order valence-electron chi connectivity index (χ0n) is 9.70. The van der Waals surface area contributed by atoms with Gasteiger partial charge >= 0.3 is 0 Å². The van der Waals surface area contributed by atoms with E-state index in [1.54, 1.807) is 0 Å². The molecule has 2 unspecified atom stereocenters. The molecule has 0 saturated carbocycles. The Morgan fingerprint density at radius 1 is 1.53 bits per heavy atom. The Bertz CT molecular complexity index is 461. The van der Waals surface area contributed by atoms with Crippen molar-refractivity contribution in [2.45, 2.75) is 36.9 Å². The van der Waals surface area contributed by atoms with E-state index in [0.29, 0.717) is 10.3 Å². The van der Waals surface area contributed by atoms with Crippen molar-refractivity contribution in [3.8, 4) is 5.75 Å². The quantitative estimate of drug-likeness (QED) is 0.784. The molecule has 0 aromatic heterocycles. The zero-order chi connectivity index (χ0) is 12.0. The molecule has 0 fully saturated rings. The molecule has 0 radical (unpaired) electrons. The highest BCUT2D eigenvalue weighted by Gasteiger charge is 2.29. The smallest absolute Gasteiger partial charge is 0.127 e. The summed E-state index contributed by atoms with van der Waals surface area (Å²) in [5, 5.41) is 11.4. The molecule has 0 saturated heterocycles. The Hall–Kier alpha value is -0.380. The van der Waals surface area contributed by atoms with E-state index in [0.717, 1.165) is 42.1 Å². The predicted molar refractivity (Wildman–Crippen MR) is 71.0 cm³/mol. The molecule has 0 aliphatic carbocycles. The van der Waals surface area contributed by atoms with E-state index in [1.807, 2.05) is 17.8 Å². The third kappa shape index (κ3) is 1.94. The fourth-order valence-electron chi connectivity index (χ4n) is 2.61. The molecule has 4 heteroatoms. The highest BCUT2D eigenvalue weighted by atomic mass is 35.5. The first-order chi connectivity index (χ1) is 8.16. The van der Waals surface area contributed by atoms with Crippen LogP contribution in [0, 0.1) is 0 Å². The second-order valence-corrected chi connectivity index (χ2v) is 6.54. The van der Waals surface area contributed by atoms with Crippen LogP contribution >= 0.6 is 23.4 Å². The van der Waals surface area contributed by atoms with Crippen LogP contribution in [0.2, 0.25) is 5.02 Å². The summed E-state index contributed by atoms with van der Waals surface area (Å²) in [4.78, 5) is 0. The van der Waals surface area contributed by atoms with Crippen LogP contribution in [0.4, 0.5) is 0 Å². The van der Waals surface area contributed by atoms with Gasteiger partial charge in [0.1, 0.15) is 5.75 Å². The fraction of sp³-hybridized carbons (Fsp3) is 0.538. The van der Waals surface area contributed by atoms with Gasteiger partial charge in [0.25, 0.3) is 0 Å². The number of hydrogen-bond acceptors (Lipinski definition) is 3. The van der Waals surface area contributed by atoms with E-state index >= 15 is 0 Å². The van der Waals surface area contributed by atoms with Gasteiger partial charge in [-0.15, -0.1) is 0 Å². The SMILES string of the molecule is CC1CC(O)c2c(Cl)cc3c(c2CS1)OCC3. The summed E-state index contributed by atoms with van der Waals surface area (Å²) in [6.45, 7) is 2.88. The van der Waals surface area contributed by atoms with Crippen molar-refractivity contribution in [1.82, 2.24) is 0 Å². The number of fused-ring (bicyclic) bond motifs is 3. The Labute approximate surface area is 110 Å². The molecule has 0 spiro atoms. The van der Waals surface area contributed by atoms with E-state index in [1.165, 1.54) is 5.56 Å². The first-order valence-electron chi connectivity index (χ1n) is 5.93. The molecule has 2 aliphatic heterocycles. The zero-order valence-corrected chi connectivity index (χ0v) is 11.3. The molecular weight excluding hydrogens is 256 g/mol. The number of benzene rings is 1. The van der Waals surface area contributed by atoms with E-state index < -0.39 is 6.10 Å². The van der Waals surface area contributed by atoms with E-state index in [4.69, 9.17) is 16.3 Å². The molecule has 17 heavy (non-hydrogen) atoms. The second-order valence-electron chi connectivity index (χ2n) is 4.71. The van der Waals surface area contributed by atoms with Gasteiger partial charge in [0.15, 0.2) is 0 Å². The van der Waals surface area contributed by atoms with Crippen LogP contribution in [0.1, 0.15) is 36.1 Å². The van der Waals surface area contributed by atoms with Crippen LogP contribution in [0.25, 0.3) is 0 Å². The summed E-state index contributed by atoms with van der Waals surface area (Å²) in [5.41, 5.74) is 3.20. The average molecular weight is 271 g/mol. The van der Waals surface area contributed by atoms with Gasteiger partial charge in [-0.25, -0.2) is 0 Å². The van der Waals surface area contributed by atoms with E-state index in [9.17, 15) is 5.11 Å². The molecule has 2 atom stereocenters. The van der Waals surface area contributed by atoms with Crippen molar-refractivity contribution >= 4 is 23.4 Å². The van der Waals surface area contributed by atoms with Crippen molar-refractivity contribution in [2.24, 2.45) is 0 Å². The molecule has 2 heterocycles. The summed E-state index contributed by atoms with van der Waals surface area (Å²) in [5.74, 6) is 1.86. The van der Waals surface area contributed by atoms with Crippen molar-refractivity contribution < 1.29 is 9.84 Å². The van der Waals surface area contributed by atoms with Crippen LogP contribution < -0.4 is 4.74 Å². The number of rotatable bonds is 0. The van der Waals surface area contributed by atoms with Crippen LogP contribution in [0.3, 0.4) is 0 Å². The number of aliphatic hydroxyl groups excluding tert-OH is 1. The normalized spacial score (nSPS) is 27.0. The molecule has 3 rings (SSSR count). The monoisotopic (exact) mass is 270 g/mol. The van der Waals surface area contributed by atoms with Crippen molar-refractivity contribution in [2.75, 3.05) is 6.61 Å². The minimum atomic E-state index is -0.461. The highest BCUT2D eigenvalue weighted by molar-refractivity contribution is 7.99. The van der Waals surface area contributed by atoms with Crippen LogP contribution in [-0.2, 0) is 12.2 Å². The molecule has 1 aromatic carbocycles. The van der Waals surface area contributed by atoms with Gasteiger partial charge in [0.2, 0.25) is 0 Å². The topological polar surface area (TPSA) is 29.5 Å². The molecule has 2 aliphatic rings. The van der Waals surface area contributed by atoms with Gasteiger partial charge in [0.05, 0.1) is 12.7 Å². The Morgan fingerprint density at radius 2 is 2.35 bits per heavy atom. The molecule has 92 valence electrons. The summed E-state index contributed by atoms with van der Waals surface area (Å²) in [7, 11) is 0. The lowest BCUT2D eigenvalue weighted by Gasteiger charge is -2.16. The number of ether oxygens (including phenoxy) is 1. The fourth-order valence-corrected chi connectivity index (χ4v) is 4.04. The third-order valence-corrected chi connectivity index (χ3v) is 5.00. The summed E-state index contributed by atoms with van der Waals surface area (Å²) < 4.78 is 5.71. The van der Waals surface area contributed by atoms with Crippen LogP contribution in [-0.4, -0.2) is 17.0 Å². The van der Waals surface area contributed by atoms with Crippen LogP contribution in [0.5, 0.6) is 5.75 Å². The molecular formula is C13H15ClO2S. The molecule has 1 aromatic rings. The Kier molecular flexibility index (Phi) is 3.01. The van der Waals surface area contributed by atoms with E-state index in [2.05, 4.69) is 6.92 Å². The summed E-state index contributed by atoms with van der Waals surface area (Å²) >= 11 is 8.18. The highest BCUT2D eigenvalue weighted by Crippen LogP contribution is 2.45. The van der Waals surface area contributed by atoms with Gasteiger partial charge in [-0.2, -0.15) is 11.8 Å². The largest absolute Gasteiger partial charge is 0.493 e. The minimum Gasteiger partial charge on any atom is -0.493 e. The molecule has 1 N–H and O–H groups in total. The Balaban J connectivity index is 2.16. The molecule has 0 amide bonds. The van der Waals surface area contributed by atoms with Gasteiger partial charge < -0.3 is 9.84 Å². The maximum Gasteiger partial charge on any atom is 0.127 e. The van der Waals surface area contributed by atoms with Gasteiger partial charge in [-0.05, 0) is 18.1 Å². The van der Waals surface area contributed by atoms with Crippen molar-refractivity contribution in [3.05, 3.63) is 27.8 Å². The standard InChI is InChI=1S/C13H15ClO2S/c1-7-4-11(15)12-9(6-17-7)13-8(2-3-16-13)5-10(12)14/h5,7,11,15H,2-4,6H2,1H3. The lowest BCUT2D eigenvalue weighted by atomic mass is 9.96. The van der Waals surface area contributed by atoms with Gasteiger partial charge in [0, 0.05) is 33.6 Å². The Morgan fingerprint density at radius 3 is 3.18 bits per heavy atom. The first kappa shape index (κ1) is 11.7. The van der Waals surface area contributed by atoms with Crippen molar-refractivity contribution in [3.63, 3.8) is 0 Å². The minimum absolute atomic E-state index is 0.450. The van der Waals surface area contributed by atoms with Crippen molar-refractivity contribution in [1.29, 1.82) is 0 Å². The number of halogens is 1. The maximum absolute atomic E-state index is 10.3. The average Bonchev–Trinajstić information content (AvgIpc) is 2.66. The van der Waals surface area contributed by atoms with Gasteiger partial charge in [-0.3, -0.25) is 0 Å². The molecule has 2 nitrogen and oxygen atoms in total. The predicted octanol–water partition coefficient (Wildman–Crippen LogP) is 3.33. The summed E-state index contributed by atoms with van der Waals surface area (Å²) in [6, 6.07) is 1.96. The summed E-state index contributed by atoms with van der Waals surface area (Å²) in [6.07, 6.45) is 1.23. The lowest BCUT2D eigenvalue weighted by Crippen LogP contribution is -2.05. The second kappa shape index (κ2) is 4.38. The number of aliphatic hydroxyl groups is 1. The number of hydrogen-bond donors (Lipinski definition) is 1. The van der Waals surface area contributed by atoms with E-state index in [-0.39, 0.29) is 0 Å². The number of thioether (sulfide) groups is 1. The first-order valence-corrected chi connectivity index (χ1v) is 7.36. The van der Waals surface area contributed by atoms with Gasteiger partial charge in [-0.1, -0.05) is 18.5 Å². The third-order valence-electron chi connectivity index (χ3n) is 3.47. The van der Waals surface area contributed by atoms with Crippen LogP contribution in [0.15, 0.2) is 6.07 Å². The molecule has 0 bridgehead atoms. The lowest BCUT2D eigenvalue weighted by molar-refractivity contribution is 0.168.